The Morgan fingerprint density at radius 2 is 2.05 bits per heavy atom. The Morgan fingerprint density at radius 1 is 1.29 bits per heavy atom. The predicted molar refractivity (Wildman–Crippen MR) is 81.4 cm³/mol. The topological polar surface area (TPSA) is 73.1 Å². The molecule has 0 radical (unpaired) electrons. The third-order valence-electron chi connectivity index (χ3n) is 3.04. The lowest BCUT2D eigenvalue weighted by atomic mass is 10.2. The summed E-state index contributed by atoms with van der Waals surface area (Å²) in [5.41, 5.74) is 7.18. The predicted octanol–water partition coefficient (Wildman–Crippen LogP) is 3.21. The van der Waals surface area contributed by atoms with Gasteiger partial charge in [0.05, 0.1) is 6.61 Å². The van der Waals surface area contributed by atoms with Crippen LogP contribution in [0.15, 0.2) is 18.2 Å². The molecule has 0 amide bonds. The molecule has 5 nitrogen and oxygen atoms in total. The SMILES string of the molecule is CCOc1ccc(Nc2nc(CC)nc(N)c2C)cc1F. The molecule has 1 aromatic heterocycles. The van der Waals surface area contributed by atoms with Crippen LogP contribution in [0.3, 0.4) is 0 Å². The molecule has 0 saturated carbocycles. The smallest absolute Gasteiger partial charge is 0.167 e. The summed E-state index contributed by atoms with van der Waals surface area (Å²) < 4.78 is 19.0. The highest BCUT2D eigenvalue weighted by Crippen LogP contribution is 2.26. The molecule has 1 aromatic carbocycles. The van der Waals surface area contributed by atoms with Crippen molar-refractivity contribution in [1.82, 2.24) is 9.97 Å². The Kier molecular flexibility index (Phi) is 4.57. The number of rotatable bonds is 5. The van der Waals surface area contributed by atoms with Crippen LogP contribution in [0.5, 0.6) is 5.75 Å². The van der Waals surface area contributed by atoms with Crippen molar-refractivity contribution in [2.75, 3.05) is 17.7 Å². The quantitative estimate of drug-likeness (QED) is 0.884. The first-order valence-electron chi connectivity index (χ1n) is 6.87. The molecular formula is C15H19FN4O. The van der Waals surface area contributed by atoms with Gasteiger partial charge in [0.2, 0.25) is 0 Å². The van der Waals surface area contributed by atoms with Crippen molar-refractivity contribution in [1.29, 1.82) is 0 Å². The molecule has 21 heavy (non-hydrogen) atoms. The Balaban J connectivity index is 2.30. The first kappa shape index (κ1) is 15.0. The van der Waals surface area contributed by atoms with Gasteiger partial charge in [-0.25, -0.2) is 14.4 Å². The fourth-order valence-corrected chi connectivity index (χ4v) is 1.85. The number of nitrogens with zero attached hydrogens (tertiary/aromatic N) is 2. The summed E-state index contributed by atoms with van der Waals surface area (Å²) in [5.74, 6) is 1.47. The van der Waals surface area contributed by atoms with Gasteiger partial charge in [-0.3, -0.25) is 0 Å². The molecule has 1 heterocycles. The number of aryl methyl sites for hydroxylation is 1. The van der Waals surface area contributed by atoms with Gasteiger partial charge in [-0.15, -0.1) is 0 Å². The van der Waals surface area contributed by atoms with Crippen LogP contribution in [0.25, 0.3) is 0 Å². The minimum Gasteiger partial charge on any atom is -0.491 e. The van der Waals surface area contributed by atoms with E-state index in [1.807, 2.05) is 20.8 Å². The van der Waals surface area contributed by atoms with Crippen molar-refractivity contribution >= 4 is 17.3 Å². The Hall–Kier alpha value is -2.37. The lowest BCUT2D eigenvalue weighted by Crippen LogP contribution is -2.06. The molecule has 0 aliphatic heterocycles. The van der Waals surface area contributed by atoms with E-state index in [4.69, 9.17) is 10.5 Å². The molecule has 0 spiro atoms. The van der Waals surface area contributed by atoms with E-state index < -0.39 is 5.82 Å². The summed E-state index contributed by atoms with van der Waals surface area (Å²) in [6, 6.07) is 4.69. The second-order valence-corrected chi connectivity index (χ2v) is 4.56. The third-order valence-corrected chi connectivity index (χ3v) is 3.04. The van der Waals surface area contributed by atoms with Crippen LogP contribution in [-0.4, -0.2) is 16.6 Å². The van der Waals surface area contributed by atoms with Gasteiger partial charge in [-0.2, -0.15) is 0 Å². The van der Waals surface area contributed by atoms with E-state index in [1.54, 1.807) is 12.1 Å². The first-order valence-corrected chi connectivity index (χ1v) is 6.87. The van der Waals surface area contributed by atoms with Crippen molar-refractivity contribution < 1.29 is 9.13 Å². The largest absolute Gasteiger partial charge is 0.491 e. The second-order valence-electron chi connectivity index (χ2n) is 4.56. The number of aromatic nitrogens is 2. The molecule has 112 valence electrons. The van der Waals surface area contributed by atoms with Crippen molar-refractivity contribution in [3.63, 3.8) is 0 Å². The Morgan fingerprint density at radius 3 is 2.67 bits per heavy atom. The number of nitrogens with two attached hydrogens (primary N) is 1. The normalized spacial score (nSPS) is 10.5. The number of halogens is 1. The third kappa shape index (κ3) is 3.39. The second kappa shape index (κ2) is 6.39. The number of hydrogen-bond donors (Lipinski definition) is 2. The molecule has 3 N–H and O–H groups in total. The van der Waals surface area contributed by atoms with E-state index in [1.165, 1.54) is 6.07 Å². The molecule has 0 bridgehead atoms. The van der Waals surface area contributed by atoms with Crippen molar-refractivity contribution in [2.45, 2.75) is 27.2 Å². The maximum Gasteiger partial charge on any atom is 0.167 e. The monoisotopic (exact) mass is 290 g/mol. The molecule has 6 heteroatoms. The molecule has 0 fully saturated rings. The standard InChI is InChI=1S/C15H19FN4O/c1-4-13-19-14(17)9(3)15(20-13)18-10-6-7-12(21-5-2)11(16)8-10/h6-8H,4-5H2,1-3H3,(H3,17,18,19,20). The van der Waals surface area contributed by atoms with Crippen LogP contribution < -0.4 is 15.8 Å². The van der Waals surface area contributed by atoms with E-state index in [0.717, 1.165) is 5.56 Å². The van der Waals surface area contributed by atoms with Gasteiger partial charge in [0.1, 0.15) is 17.5 Å². The van der Waals surface area contributed by atoms with Crippen LogP contribution >= 0.6 is 0 Å². The molecule has 0 atom stereocenters. The maximum atomic E-state index is 13.8. The summed E-state index contributed by atoms with van der Waals surface area (Å²) in [7, 11) is 0. The number of anilines is 3. The average molecular weight is 290 g/mol. The maximum absolute atomic E-state index is 13.8. The fraction of sp³-hybridized carbons (Fsp3) is 0.333. The number of benzene rings is 1. The van der Waals surface area contributed by atoms with Gasteiger partial charge < -0.3 is 15.8 Å². The number of nitrogens with one attached hydrogen (secondary N) is 1. The van der Waals surface area contributed by atoms with Crippen molar-refractivity contribution in [3.8, 4) is 5.75 Å². The summed E-state index contributed by atoms with van der Waals surface area (Å²) in [6.45, 7) is 6.00. The number of hydrogen-bond acceptors (Lipinski definition) is 5. The zero-order chi connectivity index (χ0) is 15.4. The number of nitrogen functional groups attached to an aromatic ring is 1. The highest BCUT2D eigenvalue weighted by molar-refractivity contribution is 5.64. The lowest BCUT2D eigenvalue weighted by molar-refractivity contribution is 0.321. The van der Waals surface area contributed by atoms with Crippen molar-refractivity contribution in [3.05, 3.63) is 35.4 Å². The van der Waals surface area contributed by atoms with Crippen LogP contribution in [0.2, 0.25) is 0 Å². The summed E-state index contributed by atoms with van der Waals surface area (Å²) in [4.78, 5) is 8.56. The minimum atomic E-state index is -0.419. The summed E-state index contributed by atoms with van der Waals surface area (Å²) in [5, 5.41) is 3.07. The minimum absolute atomic E-state index is 0.233. The lowest BCUT2D eigenvalue weighted by Gasteiger charge is -2.12. The summed E-state index contributed by atoms with van der Waals surface area (Å²) >= 11 is 0. The molecule has 0 saturated heterocycles. The van der Waals surface area contributed by atoms with E-state index in [0.29, 0.717) is 36.2 Å². The highest BCUT2D eigenvalue weighted by atomic mass is 19.1. The Bertz CT molecular complexity index is 646. The molecular weight excluding hydrogens is 271 g/mol. The van der Waals surface area contributed by atoms with Gasteiger partial charge in [0, 0.05) is 23.7 Å². The van der Waals surface area contributed by atoms with Gasteiger partial charge in [0.25, 0.3) is 0 Å². The fourth-order valence-electron chi connectivity index (χ4n) is 1.85. The first-order chi connectivity index (χ1) is 10.0. The highest BCUT2D eigenvalue weighted by Gasteiger charge is 2.10. The van der Waals surface area contributed by atoms with E-state index >= 15 is 0 Å². The van der Waals surface area contributed by atoms with Gasteiger partial charge in [-0.05, 0) is 26.0 Å². The van der Waals surface area contributed by atoms with Gasteiger partial charge in [0.15, 0.2) is 11.6 Å². The number of ether oxygens (including phenoxy) is 1. The van der Waals surface area contributed by atoms with E-state index in [2.05, 4.69) is 15.3 Å². The van der Waals surface area contributed by atoms with Crippen molar-refractivity contribution in [2.24, 2.45) is 0 Å². The average Bonchev–Trinajstić information content (AvgIpc) is 2.46. The molecule has 2 rings (SSSR count). The zero-order valence-corrected chi connectivity index (χ0v) is 12.4. The van der Waals surface area contributed by atoms with Gasteiger partial charge >= 0.3 is 0 Å². The molecule has 0 aliphatic carbocycles. The van der Waals surface area contributed by atoms with Crippen LogP contribution in [0.4, 0.5) is 21.7 Å². The van der Waals surface area contributed by atoms with Crippen LogP contribution in [0.1, 0.15) is 25.2 Å². The summed E-state index contributed by atoms with van der Waals surface area (Å²) in [6.07, 6.45) is 0.677. The van der Waals surface area contributed by atoms with Crippen LogP contribution in [0, 0.1) is 12.7 Å². The molecule has 0 unspecified atom stereocenters. The zero-order valence-electron chi connectivity index (χ0n) is 12.4. The van der Waals surface area contributed by atoms with E-state index in [9.17, 15) is 4.39 Å². The Labute approximate surface area is 123 Å². The van der Waals surface area contributed by atoms with Gasteiger partial charge in [-0.1, -0.05) is 6.92 Å². The molecule has 2 aromatic rings. The molecule has 0 aliphatic rings. The van der Waals surface area contributed by atoms with Crippen LogP contribution in [-0.2, 0) is 6.42 Å². The van der Waals surface area contributed by atoms with E-state index in [-0.39, 0.29) is 5.75 Å².